The van der Waals surface area contributed by atoms with Gasteiger partial charge in [-0.1, -0.05) is 284 Å². The Bertz CT molecular complexity index is 9240. The first kappa shape index (κ1) is 87.4. The van der Waals surface area contributed by atoms with Crippen LogP contribution in [0.2, 0.25) is 0 Å². The largest absolute Gasteiger partial charge is 0.456 e. The number of furan rings is 1. The molecule has 3 aliphatic carbocycles. The van der Waals surface area contributed by atoms with Crippen LogP contribution in [-0.2, 0) is 16.2 Å². The second kappa shape index (κ2) is 34.6. The number of aromatic nitrogens is 1. The third-order valence-electron chi connectivity index (χ3n) is 30.2. The maximum Gasteiger partial charge on any atom is 0.172 e. The van der Waals surface area contributed by atoms with E-state index in [2.05, 4.69) is 394 Å². The fourth-order valence-corrected chi connectivity index (χ4v) is 22.8. The molecule has 3 aliphatic heterocycles. The number of rotatable bonds is 13. The third-order valence-corrected chi connectivity index (χ3v) is 30.2. The summed E-state index contributed by atoms with van der Waals surface area (Å²) >= 11 is 0. The number of hydrogen-bond acceptors (Lipinski definition) is 10. The lowest BCUT2D eigenvalue weighted by molar-refractivity contribution is 0.360. The highest BCUT2D eigenvalue weighted by molar-refractivity contribution is 6.11. The van der Waals surface area contributed by atoms with Gasteiger partial charge >= 0.3 is 0 Å². The molecule has 0 spiro atoms. The van der Waals surface area contributed by atoms with Gasteiger partial charge in [-0.2, -0.15) is 0 Å². The van der Waals surface area contributed by atoms with Gasteiger partial charge in [-0.05, 0) is 319 Å². The Morgan fingerprint density at radius 2 is 0.476 bits per heavy atom. The number of hydrogen-bond donors (Lipinski definition) is 0. The second-order valence-electron chi connectivity index (χ2n) is 39.9. The van der Waals surface area contributed by atoms with Gasteiger partial charge in [0.05, 0.1) is 16.7 Å². The van der Waals surface area contributed by atoms with E-state index < -0.39 is 0 Å². The fraction of sp³-hybridized carbons (Fsp3) is 0.0667. The van der Waals surface area contributed by atoms with Crippen molar-refractivity contribution in [2.45, 2.75) is 57.8 Å². The minimum atomic E-state index is -0.238. The quantitative estimate of drug-likeness (QED) is 0.111. The summed E-state index contributed by atoms with van der Waals surface area (Å²) < 4.78 is 59.4. The van der Waals surface area contributed by atoms with Gasteiger partial charge in [-0.15, -0.1) is 0 Å². The first-order valence-corrected chi connectivity index (χ1v) is 49.9. The van der Waals surface area contributed by atoms with E-state index in [0.717, 1.165) is 141 Å². The summed E-state index contributed by atoms with van der Waals surface area (Å²) in [5.74, 6) is 8.30. The minimum absolute atomic E-state index is 0.116. The lowest BCUT2D eigenvalue weighted by Gasteiger charge is -2.29. The Balaban J connectivity index is 0.000000110. The molecule has 6 aliphatic rings. The molecule has 5 heterocycles. The van der Waals surface area contributed by atoms with Crippen molar-refractivity contribution in [2.24, 2.45) is 0 Å². The molecule has 0 saturated carbocycles. The van der Waals surface area contributed by atoms with E-state index in [1.165, 1.54) is 101 Å². The first-order valence-electron chi connectivity index (χ1n) is 49.9. The van der Waals surface area contributed by atoms with Gasteiger partial charge in [0.1, 0.15) is 17.0 Å². The summed E-state index contributed by atoms with van der Waals surface area (Å²) in [5, 5.41) is 4.62. The van der Waals surface area contributed by atoms with E-state index in [-0.39, 0.29) is 22.1 Å². The first-order chi connectivity index (χ1) is 72.0. The molecule has 21 aromatic carbocycles. The van der Waals surface area contributed by atoms with Crippen LogP contribution in [0.15, 0.2) is 472 Å². The van der Waals surface area contributed by atoms with Crippen LogP contribution in [0.25, 0.3) is 116 Å². The van der Waals surface area contributed by atoms with Gasteiger partial charge in [0.15, 0.2) is 69.0 Å². The van der Waals surface area contributed by atoms with E-state index in [4.69, 9.17) is 32.8 Å². The summed E-state index contributed by atoms with van der Waals surface area (Å²) in [6.07, 6.45) is 0. The van der Waals surface area contributed by atoms with E-state index in [0.29, 0.717) is 40.2 Å². The summed E-state index contributed by atoms with van der Waals surface area (Å²) in [7, 11) is 0. The molecule has 0 radical (unpaired) electrons. The molecular weight excluding hydrogens is 1810 g/mol. The Labute approximate surface area is 851 Å². The molecule has 704 valence electrons. The topological polar surface area (TPSA) is 83.2 Å². The molecular formula is C135H95FN4O7. The van der Waals surface area contributed by atoms with Crippen LogP contribution in [0.3, 0.4) is 0 Å². The van der Waals surface area contributed by atoms with Gasteiger partial charge in [-0.3, -0.25) is 0 Å². The molecule has 11 nitrogen and oxygen atoms in total. The van der Waals surface area contributed by atoms with Crippen LogP contribution in [0.4, 0.5) is 55.6 Å². The molecule has 0 amide bonds. The Hall–Kier alpha value is -18.7. The monoisotopic (exact) mass is 1900 g/mol. The zero-order chi connectivity index (χ0) is 98.5. The highest BCUT2D eigenvalue weighted by Crippen LogP contribution is 2.58. The molecule has 0 atom stereocenters. The maximum atomic E-state index is 13.6. The van der Waals surface area contributed by atoms with E-state index in [1.54, 1.807) is 0 Å². The molecule has 23 aromatic rings. The molecule has 147 heavy (non-hydrogen) atoms. The number of para-hydroxylation sites is 9. The van der Waals surface area contributed by atoms with Crippen LogP contribution < -0.4 is 43.1 Å². The van der Waals surface area contributed by atoms with Crippen LogP contribution in [0.5, 0.6) is 69.0 Å². The second-order valence-corrected chi connectivity index (χ2v) is 39.9. The van der Waals surface area contributed by atoms with Crippen molar-refractivity contribution >= 4 is 94.9 Å². The Morgan fingerprint density at radius 1 is 0.190 bits per heavy atom. The lowest BCUT2D eigenvalue weighted by Crippen LogP contribution is -2.16. The van der Waals surface area contributed by atoms with Gasteiger partial charge in [0, 0.05) is 95.0 Å². The Kier molecular flexibility index (Phi) is 20.6. The zero-order valence-electron chi connectivity index (χ0n) is 81.5. The van der Waals surface area contributed by atoms with Crippen LogP contribution in [0, 0.1) is 5.82 Å². The molecule has 0 unspecified atom stereocenters. The van der Waals surface area contributed by atoms with Crippen molar-refractivity contribution < 1.29 is 37.2 Å². The van der Waals surface area contributed by atoms with Crippen molar-refractivity contribution in [3.63, 3.8) is 0 Å². The number of ether oxygens (including phenoxy) is 6. The average Bonchev–Trinajstić information content (AvgIpc) is 1.59. The highest BCUT2D eigenvalue weighted by Gasteiger charge is 2.40. The SMILES string of the molecule is CC1(C)c2ccccc2-c2ccc(N(c3ccc(-c4ccc(F)cc4)cc3)c3ccc(-c4ccc5c(c4)Oc4ccccc4O5)cc3)cc21.CC1(C)c2ccccc2-c2ccc(N(c3ccc(-c4ccc5c(c4)Oc4ccccc4O5)cc3)c3ccc4c(c3)c3ccccc3n4-c3ccccc3)cc21.CC1(C)c2ccccc2-c2ccc(N(c3ccc4c(c3)Oc3ccccc3O4)c3ccc4oc5ccccc5c4c3)cc21. The van der Waals surface area contributed by atoms with Crippen molar-refractivity contribution in [1.82, 2.24) is 4.57 Å². The molecule has 0 saturated heterocycles. The smallest absolute Gasteiger partial charge is 0.172 e. The van der Waals surface area contributed by atoms with Crippen LogP contribution >= 0.6 is 0 Å². The van der Waals surface area contributed by atoms with E-state index in [9.17, 15) is 4.39 Å². The van der Waals surface area contributed by atoms with Gasteiger partial charge in [0.2, 0.25) is 0 Å². The van der Waals surface area contributed by atoms with Crippen molar-refractivity contribution in [2.75, 3.05) is 14.7 Å². The van der Waals surface area contributed by atoms with Gasteiger partial charge in [-0.25, -0.2) is 4.39 Å². The number of fused-ring (bicyclic) bond motifs is 21. The van der Waals surface area contributed by atoms with Crippen molar-refractivity contribution in [1.29, 1.82) is 0 Å². The minimum Gasteiger partial charge on any atom is -0.456 e. The number of anilines is 9. The highest BCUT2D eigenvalue weighted by atomic mass is 19.1. The summed E-state index contributed by atoms with van der Waals surface area (Å²) in [6.45, 7) is 13.9. The normalized spacial score (nSPS) is 13.5. The van der Waals surface area contributed by atoms with Crippen LogP contribution in [0.1, 0.15) is 74.9 Å². The molecule has 0 bridgehead atoms. The fourth-order valence-electron chi connectivity index (χ4n) is 22.8. The molecule has 29 rings (SSSR count). The average molecular weight is 1900 g/mol. The van der Waals surface area contributed by atoms with E-state index in [1.807, 2.05) is 121 Å². The third kappa shape index (κ3) is 15.0. The number of benzene rings is 21. The molecule has 0 N–H and O–H groups in total. The maximum absolute atomic E-state index is 13.6. The molecule has 0 fully saturated rings. The summed E-state index contributed by atoms with van der Waals surface area (Å²) in [6, 6.07) is 162. The predicted octanol–water partition coefficient (Wildman–Crippen LogP) is 38.2. The molecule has 12 heteroatoms. The standard InChI is InChI=1S/C51H36N2O2.C45H32FNO2.C39H27NO3/c1-51(2)43-16-8-6-14-39(43)40-27-25-38(32-44(40)51)52(37-26-28-46-42(31-37)41-15-7-9-17-45(41)53(46)35-12-4-3-5-13-35)36-23-20-33(21-24-36)34-22-29-49-50(30-34)55-48-19-11-10-18-47(48)54-49;1-45(2)39-8-4-3-7-37(39)38-25-24-36(28-40(38)45)47(34-20-13-30(14-21-34)29-11-18-33(46)19-12-29)35-22-15-31(16-23-35)32-17-26-43-44(27-32)49-42-10-6-5-9-41(42)48-43;1-39(2)31-11-5-3-9-27(31)28-18-15-25(22-32(28)39)40(24-16-19-34-30(21-24)29-10-4-6-12-33(29)41-34)26-17-20-37-38(23-26)43-36-14-8-7-13-35(36)42-37/h3-32H,1-2H3;3-28H,1-2H3;3-23H,1-2H3. The number of halogens is 1. The number of nitrogens with zero attached hydrogens (tertiary/aromatic N) is 4. The van der Waals surface area contributed by atoms with Gasteiger partial charge < -0.3 is 52.1 Å². The summed E-state index contributed by atoms with van der Waals surface area (Å²) in [4.78, 5) is 7.00. The summed E-state index contributed by atoms with van der Waals surface area (Å²) in [5.41, 5.74) is 36.6. The molecule has 2 aromatic heterocycles. The van der Waals surface area contributed by atoms with Crippen molar-refractivity contribution in [3.05, 3.63) is 506 Å². The van der Waals surface area contributed by atoms with E-state index >= 15 is 0 Å². The predicted molar refractivity (Wildman–Crippen MR) is 594 cm³/mol. The zero-order valence-corrected chi connectivity index (χ0v) is 81.5. The van der Waals surface area contributed by atoms with Gasteiger partial charge in [0.25, 0.3) is 0 Å². The van der Waals surface area contributed by atoms with Crippen LogP contribution in [-0.4, -0.2) is 4.57 Å². The Morgan fingerprint density at radius 3 is 0.939 bits per heavy atom. The van der Waals surface area contributed by atoms with Crippen molar-refractivity contribution in [3.8, 4) is 141 Å². The lowest BCUT2D eigenvalue weighted by atomic mass is 9.82.